The van der Waals surface area contributed by atoms with Crippen molar-refractivity contribution in [2.24, 2.45) is 5.41 Å². The maximum Gasteiger partial charge on any atom is 0.250 e. The molecular formula is C11H16ClNO2S2. The standard InChI is InChI=1S/C11H16ClNO2S2/c1-2-9-3-4-10(16-9)17(14,15)13-8-11(7-12)5-6-11/h3-4,13H,2,5-8H2,1H3. The molecule has 0 radical (unpaired) electrons. The first-order chi connectivity index (χ1) is 8.01. The minimum Gasteiger partial charge on any atom is -0.210 e. The van der Waals surface area contributed by atoms with Gasteiger partial charge >= 0.3 is 0 Å². The third-order valence-electron chi connectivity index (χ3n) is 3.13. The Labute approximate surface area is 111 Å². The van der Waals surface area contributed by atoms with Crippen molar-refractivity contribution in [2.45, 2.75) is 30.4 Å². The minimum atomic E-state index is -3.34. The van der Waals surface area contributed by atoms with E-state index >= 15 is 0 Å². The molecule has 0 amide bonds. The quantitative estimate of drug-likeness (QED) is 0.820. The molecule has 1 heterocycles. The highest BCUT2D eigenvalue weighted by atomic mass is 35.5. The lowest BCUT2D eigenvalue weighted by Crippen LogP contribution is -2.30. The summed E-state index contributed by atoms with van der Waals surface area (Å²) < 4.78 is 27.1. The van der Waals surface area contributed by atoms with Crippen LogP contribution < -0.4 is 4.72 Å². The van der Waals surface area contributed by atoms with E-state index in [1.807, 2.05) is 13.0 Å². The Hall–Kier alpha value is -0.100. The Kier molecular flexibility index (Phi) is 3.83. The Bertz CT molecular complexity index is 491. The van der Waals surface area contributed by atoms with Crippen molar-refractivity contribution in [1.29, 1.82) is 0 Å². The number of sulfonamides is 1. The number of aryl methyl sites for hydroxylation is 1. The fourth-order valence-corrected chi connectivity index (χ4v) is 4.41. The third kappa shape index (κ3) is 3.02. The molecule has 3 nitrogen and oxygen atoms in total. The fraction of sp³-hybridized carbons (Fsp3) is 0.636. The molecule has 0 unspecified atom stereocenters. The van der Waals surface area contributed by atoms with E-state index in [4.69, 9.17) is 11.6 Å². The molecule has 0 saturated heterocycles. The Morgan fingerprint density at radius 2 is 2.18 bits per heavy atom. The molecule has 1 aliphatic rings. The Balaban J connectivity index is 2.03. The van der Waals surface area contributed by atoms with E-state index in [-0.39, 0.29) is 5.41 Å². The summed E-state index contributed by atoms with van der Waals surface area (Å²) in [6.07, 6.45) is 2.90. The number of thiophene rings is 1. The summed E-state index contributed by atoms with van der Waals surface area (Å²) in [6, 6.07) is 3.54. The van der Waals surface area contributed by atoms with E-state index in [0.29, 0.717) is 16.6 Å². The van der Waals surface area contributed by atoms with Crippen molar-refractivity contribution in [2.75, 3.05) is 12.4 Å². The van der Waals surface area contributed by atoms with Crippen LogP contribution >= 0.6 is 22.9 Å². The summed E-state index contributed by atoms with van der Waals surface area (Å²) in [4.78, 5) is 1.09. The van der Waals surface area contributed by atoms with Gasteiger partial charge in [-0.3, -0.25) is 0 Å². The van der Waals surface area contributed by atoms with Gasteiger partial charge in [0.15, 0.2) is 0 Å². The van der Waals surface area contributed by atoms with Gasteiger partial charge in [-0.2, -0.15) is 0 Å². The molecule has 0 aromatic carbocycles. The van der Waals surface area contributed by atoms with Crippen molar-refractivity contribution >= 4 is 33.0 Å². The lowest BCUT2D eigenvalue weighted by Gasteiger charge is -2.11. The molecule has 2 rings (SSSR count). The monoisotopic (exact) mass is 293 g/mol. The molecular weight excluding hydrogens is 278 g/mol. The van der Waals surface area contributed by atoms with Gasteiger partial charge in [-0.25, -0.2) is 13.1 Å². The number of rotatable bonds is 6. The minimum absolute atomic E-state index is 0.0134. The van der Waals surface area contributed by atoms with Gasteiger partial charge in [0.2, 0.25) is 10.0 Å². The van der Waals surface area contributed by atoms with Crippen LogP contribution in [-0.4, -0.2) is 20.8 Å². The number of hydrogen-bond acceptors (Lipinski definition) is 3. The van der Waals surface area contributed by atoms with Crippen molar-refractivity contribution in [3.63, 3.8) is 0 Å². The average molecular weight is 294 g/mol. The summed E-state index contributed by atoms with van der Waals surface area (Å²) >= 11 is 7.16. The van der Waals surface area contributed by atoms with E-state index in [0.717, 1.165) is 24.1 Å². The van der Waals surface area contributed by atoms with E-state index in [1.165, 1.54) is 11.3 Å². The van der Waals surface area contributed by atoms with E-state index in [9.17, 15) is 8.42 Å². The Morgan fingerprint density at radius 1 is 1.47 bits per heavy atom. The van der Waals surface area contributed by atoms with Crippen molar-refractivity contribution in [3.8, 4) is 0 Å². The van der Waals surface area contributed by atoms with Gasteiger partial charge in [-0.15, -0.1) is 22.9 Å². The number of alkyl halides is 1. The fourth-order valence-electron chi connectivity index (χ4n) is 1.55. The second-order valence-corrected chi connectivity index (χ2v) is 7.96. The summed E-state index contributed by atoms with van der Waals surface area (Å²) in [7, 11) is -3.34. The molecule has 0 atom stereocenters. The predicted molar refractivity (Wildman–Crippen MR) is 71.3 cm³/mol. The molecule has 96 valence electrons. The average Bonchev–Trinajstić information content (AvgIpc) is 2.94. The lowest BCUT2D eigenvalue weighted by atomic mass is 10.1. The highest BCUT2D eigenvalue weighted by Crippen LogP contribution is 2.46. The lowest BCUT2D eigenvalue weighted by molar-refractivity contribution is 0.536. The van der Waals surface area contributed by atoms with Gasteiger partial charge in [-0.1, -0.05) is 6.92 Å². The van der Waals surface area contributed by atoms with Crippen molar-refractivity contribution < 1.29 is 8.42 Å². The van der Waals surface area contributed by atoms with E-state index < -0.39 is 10.0 Å². The van der Waals surface area contributed by atoms with Gasteiger partial charge < -0.3 is 0 Å². The summed E-state index contributed by atoms with van der Waals surface area (Å²) in [5.74, 6) is 0.528. The van der Waals surface area contributed by atoms with E-state index in [2.05, 4.69) is 4.72 Å². The molecule has 1 aromatic heterocycles. The van der Waals surface area contributed by atoms with Crippen LogP contribution in [0.25, 0.3) is 0 Å². The first-order valence-corrected chi connectivity index (χ1v) is 8.49. The van der Waals surface area contributed by atoms with E-state index in [1.54, 1.807) is 6.07 Å². The molecule has 1 aliphatic carbocycles. The molecule has 0 bridgehead atoms. The summed E-state index contributed by atoms with van der Waals surface area (Å²) in [5.41, 5.74) is 0.0134. The van der Waals surface area contributed by atoms with Crippen LogP contribution in [0.3, 0.4) is 0 Å². The third-order valence-corrected chi connectivity index (χ3v) is 6.82. The van der Waals surface area contributed by atoms with Gasteiger partial charge in [0.1, 0.15) is 4.21 Å². The molecule has 1 N–H and O–H groups in total. The number of halogens is 1. The van der Waals surface area contributed by atoms with Gasteiger partial charge in [0, 0.05) is 17.3 Å². The zero-order valence-corrected chi connectivity index (χ0v) is 12.1. The van der Waals surface area contributed by atoms with Gasteiger partial charge in [-0.05, 0) is 36.8 Å². The first kappa shape index (κ1) is 13.3. The molecule has 1 aromatic rings. The second-order valence-electron chi connectivity index (χ2n) is 4.53. The van der Waals surface area contributed by atoms with Crippen LogP contribution in [0.15, 0.2) is 16.3 Å². The van der Waals surface area contributed by atoms with Crippen molar-refractivity contribution in [1.82, 2.24) is 4.72 Å². The van der Waals surface area contributed by atoms with Gasteiger partial charge in [0.25, 0.3) is 0 Å². The second kappa shape index (κ2) is 4.88. The smallest absolute Gasteiger partial charge is 0.210 e. The largest absolute Gasteiger partial charge is 0.250 e. The zero-order chi connectivity index (χ0) is 12.5. The molecule has 0 spiro atoms. The molecule has 1 saturated carbocycles. The summed E-state index contributed by atoms with van der Waals surface area (Å²) in [5, 5.41) is 0. The predicted octanol–water partition coefficient (Wildman–Crippen LogP) is 2.61. The molecule has 0 aliphatic heterocycles. The number of nitrogens with one attached hydrogen (secondary N) is 1. The molecule has 6 heteroatoms. The van der Waals surface area contributed by atoms with Crippen LogP contribution in [0.4, 0.5) is 0 Å². The SMILES string of the molecule is CCc1ccc(S(=O)(=O)NCC2(CCl)CC2)s1. The Morgan fingerprint density at radius 3 is 2.65 bits per heavy atom. The maximum absolute atomic E-state index is 12.0. The van der Waals surface area contributed by atoms with Crippen LogP contribution in [0.5, 0.6) is 0 Å². The summed E-state index contributed by atoms with van der Waals surface area (Å²) in [6.45, 7) is 2.47. The first-order valence-electron chi connectivity index (χ1n) is 5.66. The van der Waals surface area contributed by atoms with Crippen LogP contribution in [0.1, 0.15) is 24.6 Å². The topological polar surface area (TPSA) is 46.2 Å². The molecule has 1 fully saturated rings. The van der Waals surface area contributed by atoms with Gasteiger partial charge in [0.05, 0.1) is 0 Å². The highest BCUT2D eigenvalue weighted by molar-refractivity contribution is 7.91. The molecule has 17 heavy (non-hydrogen) atoms. The maximum atomic E-state index is 12.0. The van der Waals surface area contributed by atoms with Crippen LogP contribution in [-0.2, 0) is 16.4 Å². The zero-order valence-electron chi connectivity index (χ0n) is 9.70. The number of hydrogen-bond donors (Lipinski definition) is 1. The van der Waals surface area contributed by atoms with Crippen LogP contribution in [0, 0.1) is 5.41 Å². The normalized spacial score (nSPS) is 18.2. The highest BCUT2D eigenvalue weighted by Gasteiger charge is 2.42. The van der Waals surface area contributed by atoms with Crippen LogP contribution in [0.2, 0.25) is 0 Å². The van der Waals surface area contributed by atoms with Crippen molar-refractivity contribution in [3.05, 3.63) is 17.0 Å².